The van der Waals surface area contributed by atoms with Crippen molar-refractivity contribution in [2.75, 3.05) is 0 Å². The van der Waals surface area contributed by atoms with E-state index in [1.165, 1.54) is 11.1 Å². The molecule has 0 spiro atoms. The van der Waals surface area contributed by atoms with E-state index in [1.54, 1.807) is 6.08 Å². The first-order valence-corrected chi connectivity index (χ1v) is 10.9. The standard InChI is InChI=1S/C27H25N3O/c1-2-30-26(28-29-27(30)23-16-20-9-3-4-10-21(20)17-23)15-14-24(31)18-22-12-7-11-19-8-5-6-13-25(19)22/h3-15,23H,2,16-18H2,1H3/b15-14+. The summed E-state index contributed by atoms with van der Waals surface area (Å²) in [6, 6.07) is 22.9. The van der Waals surface area contributed by atoms with E-state index in [0.29, 0.717) is 12.3 Å². The molecule has 0 fully saturated rings. The Bertz CT molecular complexity index is 1250. The lowest BCUT2D eigenvalue weighted by Gasteiger charge is -2.11. The van der Waals surface area contributed by atoms with Crippen molar-refractivity contribution in [1.82, 2.24) is 14.8 Å². The highest BCUT2D eigenvalue weighted by Gasteiger charge is 2.27. The number of carbonyl (C=O) groups is 1. The number of allylic oxidation sites excluding steroid dienone is 1. The zero-order valence-electron chi connectivity index (χ0n) is 17.7. The number of aromatic nitrogens is 3. The van der Waals surface area contributed by atoms with Crippen LogP contribution in [0.5, 0.6) is 0 Å². The van der Waals surface area contributed by atoms with Crippen LogP contribution in [0.1, 0.15) is 41.2 Å². The first-order chi connectivity index (χ1) is 15.2. The lowest BCUT2D eigenvalue weighted by molar-refractivity contribution is -0.113. The highest BCUT2D eigenvalue weighted by molar-refractivity contribution is 5.97. The van der Waals surface area contributed by atoms with Gasteiger partial charge in [0.15, 0.2) is 11.6 Å². The first kappa shape index (κ1) is 19.4. The summed E-state index contributed by atoms with van der Waals surface area (Å²) in [6.45, 7) is 2.89. The molecule has 4 nitrogen and oxygen atoms in total. The fourth-order valence-corrected chi connectivity index (χ4v) is 4.68. The molecule has 154 valence electrons. The fraction of sp³-hybridized carbons (Fsp3) is 0.222. The Balaban J connectivity index is 1.34. The van der Waals surface area contributed by atoms with Gasteiger partial charge in [-0.25, -0.2) is 0 Å². The van der Waals surface area contributed by atoms with E-state index in [1.807, 2.05) is 30.3 Å². The van der Waals surface area contributed by atoms with Gasteiger partial charge in [0.2, 0.25) is 0 Å². The van der Waals surface area contributed by atoms with Gasteiger partial charge in [-0.3, -0.25) is 4.79 Å². The van der Waals surface area contributed by atoms with E-state index in [0.717, 1.165) is 47.4 Å². The largest absolute Gasteiger partial charge is 0.312 e. The van der Waals surface area contributed by atoms with E-state index < -0.39 is 0 Å². The minimum Gasteiger partial charge on any atom is -0.312 e. The number of carbonyl (C=O) groups excluding carboxylic acids is 1. The van der Waals surface area contributed by atoms with Gasteiger partial charge < -0.3 is 4.57 Å². The van der Waals surface area contributed by atoms with Crippen molar-refractivity contribution < 1.29 is 4.79 Å². The third-order valence-electron chi connectivity index (χ3n) is 6.20. The Kier molecular flexibility index (Phi) is 5.21. The summed E-state index contributed by atoms with van der Waals surface area (Å²) in [5.41, 5.74) is 3.86. The molecule has 0 amide bonds. The number of hydrogen-bond donors (Lipinski definition) is 0. The van der Waals surface area contributed by atoms with Crippen molar-refractivity contribution in [3.63, 3.8) is 0 Å². The summed E-state index contributed by atoms with van der Waals surface area (Å²) in [6.07, 6.45) is 5.83. The predicted molar refractivity (Wildman–Crippen MR) is 124 cm³/mol. The van der Waals surface area contributed by atoms with E-state index in [-0.39, 0.29) is 5.78 Å². The molecule has 0 atom stereocenters. The van der Waals surface area contributed by atoms with Gasteiger partial charge in [0.1, 0.15) is 5.82 Å². The van der Waals surface area contributed by atoms with Crippen LogP contribution in [0.2, 0.25) is 0 Å². The zero-order chi connectivity index (χ0) is 21.2. The Morgan fingerprint density at radius 1 is 0.968 bits per heavy atom. The number of hydrogen-bond acceptors (Lipinski definition) is 3. The maximum atomic E-state index is 12.7. The predicted octanol–water partition coefficient (Wildman–Crippen LogP) is 5.16. The van der Waals surface area contributed by atoms with Crippen LogP contribution < -0.4 is 0 Å². The van der Waals surface area contributed by atoms with Crippen molar-refractivity contribution in [3.05, 3.63) is 101 Å². The van der Waals surface area contributed by atoms with Crippen LogP contribution in [0.25, 0.3) is 16.8 Å². The molecular formula is C27H25N3O. The van der Waals surface area contributed by atoms with Gasteiger partial charge in [0.05, 0.1) is 0 Å². The lowest BCUT2D eigenvalue weighted by Crippen LogP contribution is -2.10. The van der Waals surface area contributed by atoms with Crippen LogP contribution in [-0.2, 0) is 30.6 Å². The van der Waals surface area contributed by atoms with Gasteiger partial charge in [-0.05, 0) is 59.4 Å². The average Bonchev–Trinajstić information content (AvgIpc) is 3.41. The molecule has 0 bridgehead atoms. The van der Waals surface area contributed by atoms with Gasteiger partial charge in [-0.1, -0.05) is 66.7 Å². The van der Waals surface area contributed by atoms with Gasteiger partial charge >= 0.3 is 0 Å². The molecule has 1 aliphatic rings. The smallest absolute Gasteiger partial charge is 0.160 e. The summed E-state index contributed by atoms with van der Waals surface area (Å²) in [7, 11) is 0. The Labute approximate surface area is 182 Å². The third-order valence-corrected chi connectivity index (χ3v) is 6.20. The number of ketones is 1. The van der Waals surface area contributed by atoms with E-state index in [2.05, 4.69) is 64.2 Å². The molecule has 0 radical (unpaired) electrons. The van der Waals surface area contributed by atoms with Crippen molar-refractivity contribution in [3.8, 4) is 0 Å². The molecule has 0 aliphatic heterocycles. The minimum absolute atomic E-state index is 0.0665. The summed E-state index contributed by atoms with van der Waals surface area (Å²) >= 11 is 0. The van der Waals surface area contributed by atoms with Crippen LogP contribution in [0.4, 0.5) is 0 Å². The maximum Gasteiger partial charge on any atom is 0.160 e. The molecule has 0 saturated carbocycles. The number of nitrogens with zero attached hydrogens (tertiary/aromatic N) is 3. The summed E-state index contributed by atoms with van der Waals surface area (Å²) in [4.78, 5) is 12.7. The second-order valence-electron chi connectivity index (χ2n) is 8.15. The monoisotopic (exact) mass is 407 g/mol. The summed E-state index contributed by atoms with van der Waals surface area (Å²) < 4.78 is 2.14. The molecule has 1 heterocycles. The second kappa shape index (κ2) is 8.31. The molecule has 0 unspecified atom stereocenters. The Morgan fingerprint density at radius 3 is 2.45 bits per heavy atom. The first-order valence-electron chi connectivity index (χ1n) is 10.9. The van der Waals surface area contributed by atoms with E-state index in [9.17, 15) is 4.79 Å². The molecule has 1 aliphatic carbocycles. The van der Waals surface area contributed by atoms with Crippen LogP contribution in [-0.4, -0.2) is 20.5 Å². The van der Waals surface area contributed by atoms with Crippen molar-refractivity contribution in [1.29, 1.82) is 0 Å². The summed E-state index contributed by atoms with van der Waals surface area (Å²) in [5, 5.41) is 11.2. The average molecular weight is 408 g/mol. The third kappa shape index (κ3) is 3.81. The van der Waals surface area contributed by atoms with E-state index in [4.69, 9.17) is 0 Å². The second-order valence-corrected chi connectivity index (χ2v) is 8.15. The molecule has 5 rings (SSSR count). The molecule has 4 aromatic rings. The maximum absolute atomic E-state index is 12.7. The normalized spacial score (nSPS) is 13.8. The fourth-order valence-electron chi connectivity index (χ4n) is 4.68. The van der Waals surface area contributed by atoms with Gasteiger partial charge in [-0.15, -0.1) is 10.2 Å². The van der Waals surface area contributed by atoms with Crippen molar-refractivity contribution in [2.24, 2.45) is 0 Å². The zero-order valence-corrected chi connectivity index (χ0v) is 17.7. The van der Waals surface area contributed by atoms with Gasteiger partial charge in [-0.2, -0.15) is 0 Å². The summed E-state index contributed by atoms with van der Waals surface area (Å²) in [5.74, 6) is 2.18. The number of benzene rings is 3. The Hall–Kier alpha value is -3.53. The molecule has 0 saturated heterocycles. The van der Waals surface area contributed by atoms with Gasteiger partial charge in [0, 0.05) is 18.9 Å². The highest BCUT2D eigenvalue weighted by Crippen LogP contribution is 2.33. The topological polar surface area (TPSA) is 47.8 Å². The van der Waals surface area contributed by atoms with Crippen LogP contribution in [0.3, 0.4) is 0 Å². The Morgan fingerprint density at radius 2 is 1.68 bits per heavy atom. The lowest BCUT2D eigenvalue weighted by atomic mass is 10.0. The molecule has 4 heteroatoms. The highest BCUT2D eigenvalue weighted by atomic mass is 16.1. The molecule has 1 aromatic heterocycles. The molecule has 0 N–H and O–H groups in total. The van der Waals surface area contributed by atoms with E-state index >= 15 is 0 Å². The quantitative estimate of drug-likeness (QED) is 0.415. The van der Waals surface area contributed by atoms with Crippen molar-refractivity contribution >= 4 is 22.6 Å². The molecule has 31 heavy (non-hydrogen) atoms. The van der Waals surface area contributed by atoms with Crippen molar-refractivity contribution in [2.45, 2.75) is 38.6 Å². The van der Waals surface area contributed by atoms with Crippen LogP contribution in [0.15, 0.2) is 72.8 Å². The number of fused-ring (bicyclic) bond motifs is 2. The van der Waals surface area contributed by atoms with Gasteiger partial charge in [0.25, 0.3) is 0 Å². The number of rotatable bonds is 6. The SMILES string of the molecule is CCn1c(/C=C/C(=O)Cc2cccc3ccccc23)nnc1C1Cc2ccccc2C1. The van der Waals surface area contributed by atoms with Crippen LogP contribution >= 0.6 is 0 Å². The molecular weight excluding hydrogens is 382 g/mol. The minimum atomic E-state index is 0.0665. The molecule has 3 aromatic carbocycles. The van der Waals surface area contributed by atoms with Crippen LogP contribution in [0, 0.1) is 0 Å².